The first-order chi connectivity index (χ1) is 16.7. The molecule has 0 spiro atoms. The highest BCUT2D eigenvalue weighted by Gasteiger charge is 2.14. The molecule has 0 unspecified atom stereocenters. The van der Waals surface area contributed by atoms with E-state index in [1.807, 2.05) is 64.1 Å². The number of hydrogen-bond acceptors (Lipinski definition) is 4. The molecule has 35 heavy (non-hydrogen) atoms. The van der Waals surface area contributed by atoms with Gasteiger partial charge in [-0.25, -0.2) is 0 Å². The number of aryl methyl sites for hydroxylation is 3. The van der Waals surface area contributed by atoms with E-state index < -0.39 is 5.91 Å². The molecule has 7 heteroatoms. The van der Waals surface area contributed by atoms with E-state index in [-0.39, 0.29) is 18.1 Å². The number of carbonyl (C=O) groups excluding carboxylic acids is 2. The van der Waals surface area contributed by atoms with Gasteiger partial charge in [-0.2, -0.15) is 5.26 Å². The molecule has 0 fully saturated rings. The van der Waals surface area contributed by atoms with E-state index in [2.05, 4.69) is 10.6 Å². The Hall–Kier alpha value is -4.08. The van der Waals surface area contributed by atoms with Gasteiger partial charge in [-0.1, -0.05) is 29.8 Å². The topological polar surface area (TPSA) is 91.2 Å². The van der Waals surface area contributed by atoms with Crippen molar-refractivity contribution >= 4 is 40.9 Å². The highest BCUT2D eigenvalue weighted by atomic mass is 35.5. The summed E-state index contributed by atoms with van der Waals surface area (Å²) in [5.41, 5.74) is 5.72. The summed E-state index contributed by atoms with van der Waals surface area (Å²) in [6.07, 6.45) is 1.39. The molecule has 2 amide bonds. The van der Waals surface area contributed by atoms with Crippen LogP contribution in [0.25, 0.3) is 6.08 Å². The standard InChI is InChI=1S/C28H26ClN3O3/c1-17-8-10-24(12-19(17)3)31-27(33)16-35-26-11-9-23(29)14-21(26)13-22(15-30)28(34)32-25-7-5-6-18(2)20(25)4/h5-14H,16H2,1-4H3,(H,31,33)(H,32,34)/b22-13-. The summed E-state index contributed by atoms with van der Waals surface area (Å²) in [6.45, 7) is 7.55. The average Bonchev–Trinajstić information content (AvgIpc) is 2.82. The van der Waals surface area contributed by atoms with E-state index in [4.69, 9.17) is 16.3 Å². The number of nitrogens with zero attached hydrogens (tertiary/aromatic N) is 1. The molecule has 0 saturated heterocycles. The van der Waals surface area contributed by atoms with Crippen molar-refractivity contribution in [1.82, 2.24) is 0 Å². The summed E-state index contributed by atoms with van der Waals surface area (Å²) in [5, 5.41) is 15.6. The van der Waals surface area contributed by atoms with Crippen molar-refractivity contribution in [2.24, 2.45) is 0 Å². The van der Waals surface area contributed by atoms with Crippen LogP contribution in [-0.4, -0.2) is 18.4 Å². The molecule has 178 valence electrons. The van der Waals surface area contributed by atoms with Gasteiger partial charge in [0.25, 0.3) is 11.8 Å². The van der Waals surface area contributed by atoms with Crippen molar-refractivity contribution in [2.75, 3.05) is 17.2 Å². The Labute approximate surface area is 210 Å². The number of carbonyl (C=O) groups is 2. The van der Waals surface area contributed by atoms with E-state index in [1.165, 1.54) is 6.08 Å². The Bertz CT molecular complexity index is 1360. The first-order valence-corrected chi connectivity index (χ1v) is 11.3. The number of benzene rings is 3. The maximum absolute atomic E-state index is 12.8. The van der Waals surface area contributed by atoms with Crippen LogP contribution in [0.3, 0.4) is 0 Å². The zero-order chi connectivity index (χ0) is 25.5. The largest absolute Gasteiger partial charge is 0.483 e. The molecule has 0 aliphatic rings. The summed E-state index contributed by atoms with van der Waals surface area (Å²) >= 11 is 6.14. The number of amides is 2. The van der Waals surface area contributed by atoms with E-state index in [9.17, 15) is 14.9 Å². The molecule has 6 nitrogen and oxygen atoms in total. The Morgan fingerprint density at radius 2 is 1.74 bits per heavy atom. The lowest BCUT2D eigenvalue weighted by molar-refractivity contribution is -0.118. The van der Waals surface area contributed by atoms with Gasteiger partial charge in [-0.15, -0.1) is 0 Å². The first kappa shape index (κ1) is 25.5. The average molecular weight is 488 g/mol. The molecule has 0 atom stereocenters. The number of hydrogen-bond donors (Lipinski definition) is 2. The monoisotopic (exact) mass is 487 g/mol. The fraction of sp³-hybridized carbons (Fsp3) is 0.179. The first-order valence-electron chi connectivity index (χ1n) is 11.0. The van der Waals surface area contributed by atoms with Gasteiger partial charge in [-0.3, -0.25) is 9.59 Å². The number of ether oxygens (including phenoxy) is 1. The lowest BCUT2D eigenvalue weighted by atomic mass is 10.1. The summed E-state index contributed by atoms with van der Waals surface area (Å²) in [4.78, 5) is 25.2. The Morgan fingerprint density at radius 3 is 2.46 bits per heavy atom. The predicted molar refractivity (Wildman–Crippen MR) is 140 cm³/mol. The SMILES string of the molecule is Cc1ccc(NC(=O)COc2ccc(Cl)cc2/C=C(/C#N)C(=O)Nc2cccc(C)c2C)cc1C. The summed E-state index contributed by atoms with van der Waals surface area (Å²) in [6, 6.07) is 17.9. The highest BCUT2D eigenvalue weighted by molar-refractivity contribution is 6.30. The highest BCUT2D eigenvalue weighted by Crippen LogP contribution is 2.26. The molecule has 3 aromatic rings. The Morgan fingerprint density at radius 1 is 0.971 bits per heavy atom. The van der Waals surface area contributed by atoms with Gasteiger partial charge in [0, 0.05) is 22.0 Å². The van der Waals surface area contributed by atoms with Crippen LogP contribution in [0.15, 0.2) is 60.2 Å². The molecule has 0 bridgehead atoms. The molecule has 0 heterocycles. The minimum Gasteiger partial charge on any atom is -0.483 e. The molecular weight excluding hydrogens is 462 g/mol. The van der Waals surface area contributed by atoms with Gasteiger partial charge >= 0.3 is 0 Å². The van der Waals surface area contributed by atoms with Crippen LogP contribution in [-0.2, 0) is 9.59 Å². The minimum atomic E-state index is -0.556. The molecular formula is C28H26ClN3O3. The third-order valence-electron chi connectivity index (χ3n) is 5.64. The van der Waals surface area contributed by atoms with Gasteiger partial charge in [0.05, 0.1) is 0 Å². The van der Waals surface area contributed by atoms with Crippen molar-refractivity contribution in [3.63, 3.8) is 0 Å². The van der Waals surface area contributed by atoms with Crippen molar-refractivity contribution in [3.05, 3.63) is 93.0 Å². The second kappa shape index (κ2) is 11.4. The van der Waals surface area contributed by atoms with Crippen molar-refractivity contribution < 1.29 is 14.3 Å². The van der Waals surface area contributed by atoms with Crippen molar-refractivity contribution in [1.29, 1.82) is 5.26 Å². The number of rotatable bonds is 7. The maximum Gasteiger partial charge on any atom is 0.266 e. The molecule has 0 aromatic heterocycles. The van der Waals surface area contributed by atoms with Gasteiger partial charge in [0.1, 0.15) is 17.4 Å². The lowest BCUT2D eigenvalue weighted by Gasteiger charge is -2.12. The third kappa shape index (κ3) is 6.72. The van der Waals surface area contributed by atoms with E-state index in [0.29, 0.717) is 27.7 Å². The zero-order valence-corrected chi connectivity index (χ0v) is 20.8. The molecule has 3 rings (SSSR count). The van der Waals surface area contributed by atoms with Crippen LogP contribution in [0.2, 0.25) is 5.02 Å². The normalized spacial score (nSPS) is 10.9. The quantitative estimate of drug-likeness (QED) is 0.309. The molecule has 0 aliphatic heterocycles. The summed E-state index contributed by atoms with van der Waals surface area (Å²) in [7, 11) is 0. The molecule has 0 aliphatic carbocycles. The van der Waals surface area contributed by atoms with Crippen LogP contribution < -0.4 is 15.4 Å². The van der Waals surface area contributed by atoms with E-state index >= 15 is 0 Å². The van der Waals surface area contributed by atoms with Crippen LogP contribution >= 0.6 is 11.6 Å². The minimum absolute atomic E-state index is 0.127. The number of anilines is 2. The fourth-order valence-electron chi connectivity index (χ4n) is 3.30. The van der Waals surface area contributed by atoms with Gasteiger partial charge in [0.15, 0.2) is 6.61 Å². The van der Waals surface area contributed by atoms with E-state index in [1.54, 1.807) is 24.3 Å². The lowest BCUT2D eigenvalue weighted by Crippen LogP contribution is -2.20. The second-order valence-corrected chi connectivity index (χ2v) is 8.63. The maximum atomic E-state index is 12.8. The zero-order valence-electron chi connectivity index (χ0n) is 20.0. The Balaban J connectivity index is 1.76. The van der Waals surface area contributed by atoms with Crippen LogP contribution in [0.4, 0.5) is 11.4 Å². The van der Waals surface area contributed by atoms with Crippen LogP contribution in [0.1, 0.15) is 27.8 Å². The molecule has 0 radical (unpaired) electrons. The van der Waals surface area contributed by atoms with Crippen molar-refractivity contribution in [3.8, 4) is 11.8 Å². The molecule has 3 aromatic carbocycles. The number of halogens is 1. The van der Waals surface area contributed by atoms with Gasteiger partial charge in [-0.05, 0) is 92.4 Å². The predicted octanol–water partition coefficient (Wildman–Crippen LogP) is 6.14. The third-order valence-corrected chi connectivity index (χ3v) is 5.87. The number of nitrogens with one attached hydrogen (secondary N) is 2. The fourth-order valence-corrected chi connectivity index (χ4v) is 3.48. The van der Waals surface area contributed by atoms with E-state index in [0.717, 1.165) is 22.3 Å². The van der Waals surface area contributed by atoms with Gasteiger partial charge in [0.2, 0.25) is 0 Å². The summed E-state index contributed by atoms with van der Waals surface area (Å²) < 4.78 is 5.70. The Kier molecular flexibility index (Phi) is 8.30. The summed E-state index contributed by atoms with van der Waals surface area (Å²) in [5.74, 6) is -0.581. The van der Waals surface area contributed by atoms with Gasteiger partial charge < -0.3 is 15.4 Å². The smallest absolute Gasteiger partial charge is 0.266 e. The van der Waals surface area contributed by atoms with Crippen LogP contribution in [0.5, 0.6) is 5.75 Å². The van der Waals surface area contributed by atoms with Crippen molar-refractivity contribution in [2.45, 2.75) is 27.7 Å². The van der Waals surface area contributed by atoms with Crippen LogP contribution in [0, 0.1) is 39.0 Å². The molecule has 0 saturated carbocycles. The number of nitriles is 1. The molecule has 2 N–H and O–H groups in total. The second-order valence-electron chi connectivity index (χ2n) is 8.19.